The maximum absolute atomic E-state index is 5.77. The van der Waals surface area contributed by atoms with Crippen molar-refractivity contribution in [2.45, 2.75) is 39.7 Å². The zero-order valence-electron chi connectivity index (χ0n) is 10.7. The number of anilines is 1. The van der Waals surface area contributed by atoms with Crippen LogP contribution in [-0.2, 0) is 6.42 Å². The third kappa shape index (κ3) is 3.86. The van der Waals surface area contributed by atoms with Crippen molar-refractivity contribution in [3.63, 3.8) is 0 Å². The Hall–Kier alpha value is -1.02. The van der Waals surface area contributed by atoms with Gasteiger partial charge < -0.3 is 10.6 Å². The quantitative estimate of drug-likeness (QED) is 0.747. The van der Waals surface area contributed by atoms with Crippen molar-refractivity contribution in [2.24, 2.45) is 0 Å². The van der Waals surface area contributed by atoms with Gasteiger partial charge in [-0.3, -0.25) is 0 Å². The Kier molecular flexibility index (Phi) is 5.33. The number of nitrogens with two attached hydrogens (primary N) is 1. The molecule has 0 aliphatic heterocycles. The van der Waals surface area contributed by atoms with Gasteiger partial charge in [-0.2, -0.15) is 0 Å². The largest absolute Gasteiger partial charge is 0.399 e. The second-order valence-corrected chi connectivity index (χ2v) is 4.38. The third-order valence-corrected chi connectivity index (χ3v) is 3.26. The molecule has 0 bridgehead atoms. The molecule has 0 heterocycles. The molecule has 0 saturated carbocycles. The van der Waals surface area contributed by atoms with E-state index in [1.54, 1.807) is 0 Å². The summed E-state index contributed by atoms with van der Waals surface area (Å²) in [4.78, 5) is 2.52. The van der Waals surface area contributed by atoms with Gasteiger partial charge in [-0.05, 0) is 44.0 Å². The SMILES string of the molecule is CCC(C)N(CC)CCc1cccc(N)c1. The normalized spacial score (nSPS) is 13.0. The van der Waals surface area contributed by atoms with Gasteiger partial charge in [0.25, 0.3) is 0 Å². The van der Waals surface area contributed by atoms with E-state index < -0.39 is 0 Å². The first-order valence-electron chi connectivity index (χ1n) is 6.25. The first kappa shape index (κ1) is 13.0. The first-order chi connectivity index (χ1) is 7.67. The van der Waals surface area contributed by atoms with Gasteiger partial charge in [0.2, 0.25) is 0 Å². The van der Waals surface area contributed by atoms with Crippen LogP contribution >= 0.6 is 0 Å². The van der Waals surface area contributed by atoms with E-state index in [-0.39, 0.29) is 0 Å². The van der Waals surface area contributed by atoms with E-state index in [0.717, 1.165) is 25.2 Å². The van der Waals surface area contributed by atoms with Gasteiger partial charge in [0.1, 0.15) is 0 Å². The average molecular weight is 220 g/mol. The summed E-state index contributed by atoms with van der Waals surface area (Å²) in [6.45, 7) is 9.01. The molecule has 1 rings (SSSR count). The van der Waals surface area contributed by atoms with Crippen LogP contribution in [0.1, 0.15) is 32.8 Å². The maximum Gasteiger partial charge on any atom is 0.0316 e. The van der Waals surface area contributed by atoms with Crippen LogP contribution in [0.15, 0.2) is 24.3 Å². The predicted molar refractivity (Wildman–Crippen MR) is 71.6 cm³/mol. The van der Waals surface area contributed by atoms with Gasteiger partial charge in [0.05, 0.1) is 0 Å². The molecule has 0 fully saturated rings. The molecule has 2 nitrogen and oxygen atoms in total. The van der Waals surface area contributed by atoms with E-state index in [4.69, 9.17) is 5.73 Å². The van der Waals surface area contributed by atoms with E-state index in [9.17, 15) is 0 Å². The van der Waals surface area contributed by atoms with E-state index in [1.807, 2.05) is 12.1 Å². The van der Waals surface area contributed by atoms with Gasteiger partial charge in [0.15, 0.2) is 0 Å². The number of hydrogen-bond acceptors (Lipinski definition) is 2. The number of likely N-dealkylation sites (N-methyl/N-ethyl adjacent to an activating group) is 1. The Balaban J connectivity index is 2.49. The maximum atomic E-state index is 5.77. The highest BCUT2D eigenvalue weighted by Crippen LogP contribution is 2.09. The van der Waals surface area contributed by atoms with Crippen LogP contribution in [0.2, 0.25) is 0 Å². The number of nitrogen functional groups attached to an aromatic ring is 1. The van der Waals surface area contributed by atoms with Crippen LogP contribution in [0.3, 0.4) is 0 Å². The summed E-state index contributed by atoms with van der Waals surface area (Å²) in [5, 5.41) is 0. The fourth-order valence-electron chi connectivity index (χ4n) is 1.97. The molecule has 90 valence electrons. The summed E-state index contributed by atoms with van der Waals surface area (Å²) in [5.74, 6) is 0. The van der Waals surface area contributed by atoms with Crippen molar-refractivity contribution in [3.8, 4) is 0 Å². The summed E-state index contributed by atoms with van der Waals surface area (Å²) in [5.41, 5.74) is 7.97. The summed E-state index contributed by atoms with van der Waals surface area (Å²) < 4.78 is 0. The molecule has 2 heteroatoms. The molecule has 0 aromatic heterocycles. The Bertz CT molecular complexity index is 309. The van der Waals surface area contributed by atoms with Gasteiger partial charge in [-0.15, -0.1) is 0 Å². The lowest BCUT2D eigenvalue weighted by atomic mass is 10.1. The van der Waals surface area contributed by atoms with Crippen molar-refractivity contribution in [1.29, 1.82) is 0 Å². The van der Waals surface area contributed by atoms with Crippen molar-refractivity contribution in [2.75, 3.05) is 18.8 Å². The highest BCUT2D eigenvalue weighted by molar-refractivity contribution is 5.40. The number of benzene rings is 1. The average Bonchev–Trinajstić information content (AvgIpc) is 2.29. The predicted octanol–water partition coefficient (Wildman–Crippen LogP) is 2.93. The van der Waals surface area contributed by atoms with Crippen LogP contribution in [0.25, 0.3) is 0 Å². The number of rotatable bonds is 6. The molecule has 0 amide bonds. The van der Waals surface area contributed by atoms with Gasteiger partial charge in [0, 0.05) is 18.3 Å². The first-order valence-corrected chi connectivity index (χ1v) is 6.25. The molecule has 0 radical (unpaired) electrons. The number of nitrogens with zero attached hydrogens (tertiary/aromatic N) is 1. The second-order valence-electron chi connectivity index (χ2n) is 4.38. The van der Waals surface area contributed by atoms with Gasteiger partial charge in [-0.1, -0.05) is 26.0 Å². The van der Waals surface area contributed by atoms with Crippen molar-refractivity contribution < 1.29 is 0 Å². The molecule has 0 aliphatic carbocycles. The van der Waals surface area contributed by atoms with Gasteiger partial charge >= 0.3 is 0 Å². The fourth-order valence-corrected chi connectivity index (χ4v) is 1.97. The van der Waals surface area contributed by atoms with Crippen LogP contribution < -0.4 is 5.73 Å². The summed E-state index contributed by atoms with van der Waals surface area (Å²) in [6, 6.07) is 8.87. The molecule has 0 aliphatic rings. The van der Waals surface area contributed by atoms with E-state index in [1.165, 1.54) is 12.0 Å². The topological polar surface area (TPSA) is 29.3 Å². The van der Waals surface area contributed by atoms with Crippen LogP contribution in [0.5, 0.6) is 0 Å². The molecular weight excluding hydrogens is 196 g/mol. The molecule has 2 N–H and O–H groups in total. The fraction of sp³-hybridized carbons (Fsp3) is 0.571. The summed E-state index contributed by atoms with van der Waals surface area (Å²) in [6.07, 6.45) is 2.30. The molecule has 0 saturated heterocycles. The molecule has 0 spiro atoms. The molecular formula is C14H24N2. The standard InChI is InChI=1S/C14H24N2/c1-4-12(3)16(5-2)10-9-13-7-6-8-14(15)11-13/h6-8,11-12H,4-5,9-10,15H2,1-3H3. The second kappa shape index (κ2) is 6.54. The minimum absolute atomic E-state index is 0.672. The Labute approximate surface area is 99.5 Å². The van der Waals surface area contributed by atoms with Crippen LogP contribution in [-0.4, -0.2) is 24.0 Å². The Morgan fingerprint density at radius 3 is 2.62 bits per heavy atom. The summed E-state index contributed by atoms with van der Waals surface area (Å²) >= 11 is 0. The highest BCUT2D eigenvalue weighted by Gasteiger charge is 2.09. The zero-order chi connectivity index (χ0) is 12.0. The lowest BCUT2D eigenvalue weighted by Gasteiger charge is -2.26. The Morgan fingerprint density at radius 1 is 1.31 bits per heavy atom. The zero-order valence-corrected chi connectivity index (χ0v) is 10.7. The molecule has 1 atom stereocenters. The van der Waals surface area contributed by atoms with Crippen molar-refractivity contribution in [3.05, 3.63) is 29.8 Å². The Morgan fingerprint density at radius 2 is 2.06 bits per heavy atom. The van der Waals surface area contributed by atoms with Crippen LogP contribution in [0.4, 0.5) is 5.69 Å². The molecule has 1 unspecified atom stereocenters. The lowest BCUT2D eigenvalue weighted by Crippen LogP contribution is -2.34. The number of hydrogen-bond donors (Lipinski definition) is 1. The molecule has 16 heavy (non-hydrogen) atoms. The molecule has 1 aromatic carbocycles. The lowest BCUT2D eigenvalue weighted by molar-refractivity contribution is 0.217. The third-order valence-electron chi connectivity index (χ3n) is 3.26. The van der Waals surface area contributed by atoms with E-state index in [2.05, 4.69) is 37.8 Å². The van der Waals surface area contributed by atoms with Gasteiger partial charge in [-0.25, -0.2) is 0 Å². The van der Waals surface area contributed by atoms with Crippen molar-refractivity contribution in [1.82, 2.24) is 4.90 Å². The van der Waals surface area contributed by atoms with Crippen LogP contribution in [0, 0.1) is 0 Å². The minimum Gasteiger partial charge on any atom is -0.399 e. The van der Waals surface area contributed by atoms with E-state index in [0.29, 0.717) is 6.04 Å². The highest BCUT2D eigenvalue weighted by atomic mass is 15.1. The van der Waals surface area contributed by atoms with Crippen molar-refractivity contribution >= 4 is 5.69 Å². The summed E-state index contributed by atoms with van der Waals surface area (Å²) in [7, 11) is 0. The molecule has 1 aromatic rings. The smallest absolute Gasteiger partial charge is 0.0316 e. The minimum atomic E-state index is 0.672. The van der Waals surface area contributed by atoms with E-state index >= 15 is 0 Å². The monoisotopic (exact) mass is 220 g/mol.